The maximum Gasteiger partial charge on any atom is 0.0497 e. The van der Waals surface area contributed by atoms with E-state index < -0.39 is 0 Å². The topological polar surface area (TPSA) is 41.8 Å². The first kappa shape index (κ1) is 20.7. The molecule has 2 aromatic carbocycles. The molecule has 150 valence electrons. The Kier molecular flexibility index (Phi) is 6.30. The summed E-state index contributed by atoms with van der Waals surface area (Å²) in [5.74, 6) is 0.551. The summed E-state index contributed by atoms with van der Waals surface area (Å²) < 4.78 is 0. The van der Waals surface area contributed by atoms with Gasteiger partial charge in [0.2, 0.25) is 0 Å². The van der Waals surface area contributed by atoms with Gasteiger partial charge in [0, 0.05) is 16.6 Å². The molecule has 1 aromatic heterocycles. The van der Waals surface area contributed by atoms with Crippen molar-refractivity contribution in [1.29, 1.82) is 0 Å². The largest absolute Gasteiger partial charge is 0.354 e. The first-order chi connectivity index (χ1) is 13.4. The maximum atomic E-state index is 5.76. The third-order valence-corrected chi connectivity index (χ3v) is 6.04. The molecule has 0 aliphatic heterocycles. The second-order valence-corrected chi connectivity index (χ2v) is 9.13. The molecular formula is C26H36N2. The summed E-state index contributed by atoms with van der Waals surface area (Å²) in [5, 5.41) is 1.38. The van der Waals surface area contributed by atoms with E-state index in [2.05, 4.69) is 82.1 Å². The van der Waals surface area contributed by atoms with Crippen LogP contribution in [-0.2, 0) is 11.8 Å². The SMILES string of the molecule is CCC(C)c1cccc2c(CCCCN)c(-c3ccc(C(C)(C)C)cc3)[nH]c12. The molecule has 0 fully saturated rings. The number of aromatic amines is 1. The van der Waals surface area contributed by atoms with E-state index in [0.29, 0.717) is 5.92 Å². The van der Waals surface area contributed by atoms with Gasteiger partial charge in [-0.1, -0.05) is 77.1 Å². The van der Waals surface area contributed by atoms with Gasteiger partial charge in [0.1, 0.15) is 0 Å². The summed E-state index contributed by atoms with van der Waals surface area (Å²) >= 11 is 0. The molecule has 0 aliphatic carbocycles. The molecule has 0 radical (unpaired) electrons. The molecule has 0 spiro atoms. The van der Waals surface area contributed by atoms with Crippen molar-refractivity contribution >= 4 is 10.9 Å². The summed E-state index contributed by atoms with van der Waals surface area (Å²) in [5.41, 5.74) is 14.1. The average molecular weight is 377 g/mol. The molecule has 1 unspecified atom stereocenters. The smallest absolute Gasteiger partial charge is 0.0497 e. The van der Waals surface area contributed by atoms with E-state index in [9.17, 15) is 0 Å². The lowest BCUT2D eigenvalue weighted by Gasteiger charge is -2.19. The Morgan fingerprint density at radius 1 is 1.00 bits per heavy atom. The number of aromatic nitrogens is 1. The van der Waals surface area contributed by atoms with Crippen LogP contribution in [0.25, 0.3) is 22.2 Å². The van der Waals surface area contributed by atoms with Gasteiger partial charge >= 0.3 is 0 Å². The van der Waals surface area contributed by atoms with Crippen LogP contribution in [-0.4, -0.2) is 11.5 Å². The zero-order valence-electron chi connectivity index (χ0n) is 18.2. The first-order valence-electron chi connectivity index (χ1n) is 10.8. The van der Waals surface area contributed by atoms with Crippen LogP contribution in [0.3, 0.4) is 0 Å². The van der Waals surface area contributed by atoms with Crippen molar-refractivity contribution in [3.63, 3.8) is 0 Å². The zero-order chi connectivity index (χ0) is 20.3. The highest BCUT2D eigenvalue weighted by molar-refractivity contribution is 5.93. The number of hydrogen-bond acceptors (Lipinski definition) is 1. The number of hydrogen-bond donors (Lipinski definition) is 2. The quantitative estimate of drug-likeness (QED) is 0.431. The van der Waals surface area contributed by atoms with E-state index >= 15 is 0 Å². The third-order valence-electron chi connectivity index (χ3n) is 6.04. The van der Waals surface area contributed by atoms with E-state index in [1.807, 2.05) is 0 Å². The minimum atomic E-state index is 0.173. The van der Waals surface area contributed by atoms with Gasteiger partial charge < -0.3 is 10.7 Å². The molecule has 2 nitrogen and oxygen atoms in total. The number of nitrogens with one attached hydrogen (secondary N) is 1. The summed E-state index contributed by atoms with van der Waals surface area (Å²) in [4.78, 5) is 3.82. The average Bonchev–Trinajstić information content (AvgIpc) is 3.06. The van der Waals surface area contributed by atoms with E-state index in [0.717, 1.165) is 32.2 Å². The van der Waals surface area contributed by atoms with Gasteiger partial charge in [-0.25, -0.2) is 0 Å². The Labute approximate surface area is 170 Å². The summed E-state index contributed by atoms with van der Waals surface area (Å²) in [7, 11) is 0. The standard InChI is InChI=1S/C26H36N2/c1-6-18(2)21-11-9-12-23-22(10-7-8-17-27)24(28-25(21)23)19-13-15-20(16-14-19)26(3,4)5/h9,11-16,18,28H,6-8,10,17,27H2,1-5H3. The molecule has 0 saturated heterocycles. The van der Waals surface area contributed by atoms with Crippen molar-refractivity contribution in [2.75, 3.05) is 6.54 Å². The van der Waals surface area contributed by atoms with Crippen LogP contribution in [0.4, 0.5) is 0 Å². The zero-order valence-corrected chi connectivity index (χ0v) is 18.2. The normalized spacial score (nSPS) is 13.2. The highest BCUT2D eigenvalue weighted by atomic mass is 14.7. The minimum absolute atomic E-state index is 0.173. The van der Waals surface area contributed by atoms with E-state index in [-0.39, 0.29) is 5.41 Å². The number of para-hydroxylation sites is 1. The van der Waals surface area contributed by atoms with Crippen LogP contribution >= 0.6 is 0 Å². The van der Waals surface area contributed by atoms with Gasteiger partial charge in [0.25, 0.3) is 0 Å². The second kappa shape index (κ2) is 8.53. The molecular weight excluding hydrogens is 340 g/mol. The highest BCUT2D eigenvalue weighted by Crippen LogP contribution is 2.36. The Morgan fingerprint density at radius 3 is 2.32 bits per heavy atom. The van der Waals surface area contributed by atoms with Gasteiger partial charge in [0.15, 0.2) is 0 Å². The molecule has 0 aliphatic rings. The molecule has 0 amide bonds. The van der Waals surface area contributed by atoms with Crippen LogP contribution in [0, 0.1) is 0 Å². The number of H-pyrrole nitrogens is 1. The van der Waals surface area contributed by atoms with Crippen molar-refractivity contribution in [3.05, 3.63) is 59.2 Å². The number of benzene rings is 2. The lowest BCUT2D eigenvalue weighted by atomic mass is 9.86. The van der Waals surface area contributed by atoms with Gasteiger partial charge in [-0.3, -0.25) is 0 Å². The Morgan fingerprint density at radius 2 is 1.71 bits per heavy atom. The fourth-order valence-corrected chi connectivity index (χ4v) is 4.02. The Balaban J connectivity index is 2.13. The fraction of sp³-hybridized carbons (Fsp3) is 0.462. The monoisotopic (exact) mass is 376 g/mol. The number of fused-ring (bicyclic) bond motifs is 1. The van der Waals surface area contributed by atoms with Gasteiger partial charge in [-0.15, -0.1) is 0 Å². The highest BCUT2D eigenvalue weighted by Gasteiger charge is 2.18. The lowest BCUT2D eigenvalue weighted by Crippen LogP contribution is -2.10. The number of rotatable bonds is 7. The van der Waals surface area contributed by atoms with Gasteiger partial charge in [-0.05, 0) is 65.8 Å². The molecule has 1 heterocycles. The van der Waals surface area contributed by atoms with E-state index in [4.69, 9.17) is 5.73 Å². The van der Waals surface area contributed by atoms with Crippen LogP contribution in [0.15, 0.2) is 42.5 Å². The van der Waals surface area contributed by atoms with Crippen LogP contribution < -0.4 is 5.73 Å². The summed E-state index contributed by atoms with van der Waals surface area (Å²) in [6, 6.07) is 15.9. The molecule has 3 N–H and O–H groups in total. The van der Waals surface area contributed by atoms with Crippen LogP contribution in [0.2, 0.25) is 0 Å². The van der Waals surface area contributed by atoms with Crippen molar-refractivity contribution in [2.45, 2.75) is 71.6 Å². The van der Waals surface area contributed by atoms with Crippen LogP contribution in [0.5, 0.6) is 0 Å². The predicted molar refractivity (Wildman–Crippen MR) is 123 cm³/mol. The lowest BCUT2D eigenvalue weighted by molar-refractivity contribution is 0.590. The maximum absolute atomic E-state index is 5.76. The Hall–Kier alpha value is -2.06. The molecule has 0 saturated carbocycles. The summed E-state index contributed by atoms with van der Waals surface area (Å²) in [6.45, 7) is 12.1. The number of aryl methyl sites for hydroxylation is 1. The molecule has 28 heavy (non-hydrogen) atoms. The van der Waals surface area contributed by atoms with Crippen LogP contribution in [0.1, 0.15) is 76.5 Å². The fourth-order valence-electron chi connectivity index (χ4n) is 4.02. The molecule has 3 aromatic rings. The van der Waals surface area contributed by atoms with E-state index in [1.165, 1.54) is 38.9 Å². The molecule has 1 atom stereocenters. The molecule has 0 bridgehead atoms. The van der Waals surface area contributed by atoms with Crippen molar-refractivity contribution in [2.24, 2.45) is 5.73 Å². The molecule has 3 rings (SSSR count). The second-order valence-electron chi connectivity index (χ2n) is 9.13. The van der Waals surface area contributed by atoms with Crippen molar-refractivity contribution in [3.8, 4) is 11.3 Å². The first-order valence-corrected chi connectivity index (χ1v) is 10.8. The van der Waals surface area contributed by atoms with Crippen molar-refractivity contribution in [1.82, 2.24) is 4.98 Å². The number of nitrogens with two attached hydrogens (primary N) is 1. The van der Waals surface area contributed by atoms with Gasteiger partial charge in [0.05, 0.1) is 0 Å². The number of unbranched alkanes of at least 4 members (excludes halogenated alkanes) is 1. The Bertz CT molecular complexity index is 910. The predicted octanol–water partition coefficient (Wildman–Crippen LogP) is 6.93. The van der Waals surface area contributed by atoms with Gasteiger partial charge in [-0.2, -0.15) is 0 Å². The summed E-state index contributed by atoms with van der Waals surface area (Å²) in [6.07, 6.45) is 4.41. The van der Waals surface area contributed by atoms with Crippen molar-refractivity contribution < 1.29 is 0 Å². The van der Waals surface area contributed by atoms with E-state index in [1.54, 1.807) is 0 Å². The molecule has 2 heteroatoms. The minimum Gasteiger partial charge on any atom is -0.354 e. The third kappa shape index (κ3) is 4.17.